The number of amides is 2. The molecule has 0 heterocycles. The lowest BCUT2D eigenvalue weighted by molar-refractivity contribution is -0.133. The molecule has 0 aliphatic rings. The van der Waals surface area contributed by atoms with Crippen molar-refractivity contribution < 1.29 is 9.59 Å². The van der Waals surface area contributed by atoms with Crippen molar-refractivity contribution in [3.63, 3.8) is 0 Å². The molecule has 4 nitrogen and oxygen atoms in total. The van der Waals surface area contributed by atoms with E-state index in [4.69, 9.17) is 0 Å². The molecule has 0 radical (unpaired) electrons. The predicted octanol–water partition coefficient (Wildman–Crippen LogP) is 3.70. The summed E-state index contributed by atoms with van der Waals surface area (Å²) in [6, 6.07) is 14.8. The van der Waals surface area contributed by atoms with Gasteiger partial charge in [-0.2, -0.15) is 0 Å². The third-order valence-corrected chi connectivity index (χ3v) is 3.43. The quantitative estimate of drug-likeness (QED) is 0.849. The van der Waals surface area contributed by atoms with Crippen LogP contribution in [0.5, 0.6) is 0 Å². The van der Waals surface area contributed by atoms with Crippen LogP contribution in [-0.2, 0) is 9.59 Å². The van der Waals surface area contributed by atoms with Crippen molar-refractivity contribution in [1.29, 1.82) is 0 Å². The fourth-order valence-electron chi connectivity index (χ4n) is 2.19. The topological polar surface area (TPSA) is 58.2 Å². The van der Waals surface area contributed by atoms with Gasteiger partial charge in [-0.3, -0.25) is 9.59 Å². The number of hydrogen-bond acceptors (Lipinski definition) is 2. The van der Waals surface area contributed by atoms with Gasteiger partial charge in [-0.25, -0.2) is 0 Å². The molecule has 2 N–H and O–H groups in total. The maximum atomic E-state index is 12.1. The minimum Gasteiger partial charge on any atom is -0.318 e. The van der Waals surface area contributed by atoms with E-state index in [1.165, 1.54) is 0 Å². The fraction of sp³-hybridized carbons (Fsp3) is 0.222. The SMILES string of the molecule is Cc1ccccc1NC(=O)C(=O)Nc1ccccc1C(C)C. The number of carbonyl (C=O) groups is 2. The molecule has 0 bridgehead atoms. The van der Waals surface area contributed by atoms with Gasteiger partial charge in [0.1, 0.15) is 0 Å². The van der Waals surface area contributed by atoms with Crippen LogP contribution in [0.4, 0.5) is 11.4 Å². The molecule has 2 aromatic rings. The fourth-order valence-corrected chi connectivity index (χ4v) is 2.19. The Balaban J connectivity index is 2.10. The first-order chi connectivity index (χ1) is 10.5. The summed E-state index contributed by atoms with van der Waals surface area (Å²) in [7, 11) is 0. The molecular weight excluding hydrogens is 276 g/mol. The Bertz CT molecular complexity index is 693. The molecule has 0 aliphatic carbocycles. The number of carbonyl (C=O) groups excluding carboxylic acids is 2. The average molecular weight is 296 g/mol. The first-order valence-electron chi connectivity index (χ1n) is 7.26. The maximum absolute atomic E-state index is 12.1. The molecule has 0 fully saturated rings. The summed E-state index contributed by atoms with van der Waals surface area (Å²) < 4.78 is 0. The Kier molecular flexibility index (Phi) is 4.94. The minimum absolute atomic E-state index is 0.260. The van der Waals surface area contributed by atoms with Crippen LogP contribution >= 0.6 is 0 Å². The van der Waals surface area contributed by atoms with E-state index in [0.29, 0.717) is 11.4 Å². The van der Waals surface area contributed by atoms with E-state index in [9.17, 15) is 9.59 Å². The number of anilines is 2. The molecule has 2 aromatic carbocycles. The molecule has 4 heteroatoms. The van der Waals surface area contributed by atoms with Gasteiger partial charge in [-0.1, -0.05) is 50.2 Å². The van der Waals surface area contributed by atoms with Crippen molar-refractivity contribution in [1.82, 2.24) is 0 Å². The third kappa shape index (κ3) is 3.73. The third-order valence-electron chi connectivity index (χ3n) is 3.43. The lowest BCUT2D eigenvalue weighted by Gasteiger charge is -2.13. The number of rotatable bonds is 3. The van der Waals surface area contributed by atoms with Crippen LogP contribution in [0, 0.1) is 6.92 Å². The van der Waals surface area contributed by atoms with Gasteiger partial charge in [0.05, 0.1) is 0 Å². The second-order valence-electron chi connectivity index (χ2n) is 5.47. The van der Waals surface area contributed by atoms with Gasteiger partial charge in [0.2, 0.25) is 0 Å². The summed E-state index contributed by atoms with van der Waals surface area (Å²) in [4.78, 5) is 24.1. The first-order valence-corrected chi connectivity index (χ1v) is 7.26. The maximum Gasteiger partial charge on any atom is 0.314 e. The molecule has 2 amide bonds. The summed E-state index contributed by atoms with van der Waals surface area (Å²) >= 11 is 0. The average Bonchev–Trinajstić information content (AvgIpc) is 2.49. The normalized spacial score (nSPS) is 10.4. The standard InChI is InChI=1S/C18H20N2O2/c1-12(2)14-9-5-7-11-16(14)20-18(22)17(21)19-15-10-6-4-8-13(15)3/h4-12H,1-3H3,(H,19,21)(H,20,22). The molecule has 0 unspecified atom stereocenters. The van der Waals surface area contributed by atoms with Crippen molar-refractivity contribution in [2.45, 2.75) is 26.7 Å². The lowest BCUT2D eigenvalue weighted by Crippen LogP contribution is -2.29. The summed E-state index contributed by atoms with van der Waals surface area (Å²) in [5, 5.41) is 5.31. The number of nitrogens with one attached hydrogen (secondary N) is 2. The zero-order valence-corrected chi connectivity index (χ0v) is 13.0. The van der Waals surface area contributed by atoms with E-state index >= 15 is 0 Å². The highest BCUT2D eigenvalue weighted by Crippen LogP contribution is 2.23. The van der Waals surface area contributed by atoms with Crippen molar-refractivity contribution in [3.8, 4) is 0 Å². The highest BCUT2D eigenvalue weighted by atomic mass is 16.2. The number of hydrogen-bond donors (Lipinski definition) is 2. The van der Waals surface area contributed by atoms with Crippen LogP contribution in [-0.4, -0.2) is 11.8 Å². The van der Waals surface area contributed by atoms with Crippen LogP contribution in [0.25, 0.3) is 0 Å². The first kappa shape index (κ1) is 15.8. The zero-order chi connectivity index (χ0) is 16.1. The molecule has 0 spiro atoms. The van der Waals surface area contributed by atoms with E-state index < -0.39 is 11.8 Å². The molecule has 0 saturated heterocycles. The molecule has 0 atom stereocenters. The van der Waals surface area contributed by atoms with Crippen molar-refractivity contribution in [2.75, 3.05) is 10.6 Å². The summed E-state index contributed by atoms with van der Waals surface area (Å²) in [6.07, 6.45) is 0. The van der Waals surface area contributed by atoms with Gasteiger partial charge in [0.15, 0.2) is 0 Å². The summed E-state index contributed by atoms with van der Waals surface area (Å²) in [5.74, 6) is -1.08. The Labute approximate surface area is 130 Å². The van der Waals surface area contributed by atoms with Crippen LogP contribution in [0.2, 0.25) is 0 Å². The van der Waals surface area contributed by atoms with Gasteiger partial charge in [0.25, 0.3) is 0 Å². The Morgan fingerprint density at radius 2 is 1.32 bits per heavy atom. The van der Waals surface area contributed by atoms with Crippen molar-refractivity contribution >= 4 is 23.2 Å². The van der Waals surface area contributed by atoms with Crippen LogP contribution < -0.4 is 10.6 Å². The van der Waals surface area contributed by atoms with E-state index in [1.54, 1.807) is 12.1 Å². The van der Waals surface area contributed by atoms with E-state index in [-0.39, 0.29) is 5.92 Å². The van der Waals surface area contributed by atoms with Gasteiger partial charge < -0.3 is 10.6 Å². The minimum atomic E-state index is -0.673. The molecule has 2 rings (SSSR count). The van der Waals surface area contributed by atoms with Gasteiger partial charge >= 0.3 is 11.8 Å². The lowest BCUT2D eigenvalue weighted by atomic mass is 10.0. The predicted molar refractivity (Wildman–Crippen MR) is 89.0 cm³/mol. The van der Waals surface area contributed by atoms with E-state index in [2.05, 4.69) is 10.6 Å². The van der Waals surface area contributed by atoms with Crippen LogP contribution in [0.1, 0.15) is 30.9 Å². The summed E-state index contributed by atoms with van der Waals surface area (Å²) in [5.41, 5.74) is 3.22. The van der Waals surface area contributed by atoms with Crippen LogP contribution in [0.3, 0.4) is 0 Å². The second kappa shape index (κ2) is 6.89. The van der Waals surface area contributed by atoms with Gasteiger partial charge in [0, 0.05) is 11.4 Å². The highest BCUT2D eigenvalue weighted by molar-refractivity contribution is 6.43. The Hall–Kier alpha value is -2.62. The Morgan fingerprint density at radius 1 is 0.818 bits per heavy atom. The van der Waals surface area contributed by atoms with Gasteiger partial charge in [-0.15, -0.1) is 0 Å². The van der Waals surface area contributed by atoms with Crippen LogP contribution in [0.15, 0.2) is 48.5 Å². The molecule has 114 valence electrons. The van der Waals surface area contributed by atoms with Gasteiger partial charge in [-0.05, 0) is 36.1 Å². The number of para-hydroxylation sites is 2. The molecule has 0 aromatic heterocycles. The van der Waals surface area contributed by atoms with E-state index in [0.717, 1.165) is 11.1 Å². The second-order valence-corrected chi connectivity index (χ2v) is 5.47. The van der Waals surface area contributed by atoms with E-state index in [1.807, 2.05) is 57.2 Å². The largest absolute Gasteiger partial charge is 0.318 e. The Morgan fingerprint density at radius 3 is 1.91 bits per heavy atom. The zero-order valence-electron chi connectivity index (χ0n) is 13.0. The number of benzene rings is 2. The van der Waals surface area contributed by atoms with Crippen molar-refractivity contribution in [2.24, 2.45) is 0 Å². The van der Waals surface area contributed by atoms with Crippen molar-refractivity contribution in [3.05, 3.63) is 59.7 Å². The molecular formula is C18H20N2O2. The smallest absolute Gasteiger partial charge is 0.314 e. The molecule has 22 heavy (non-hydrogen) atoms. The monoisotopic (exact) mass is 296 g/mol. The molecule has 0 saturated carbocycles. The summed E-state index contributed by atoms with van der Waals surface area (Å²) in [6.45, 7) is 5.96. The number of aryl methyl sites for hydroxylation is 1. The highest BCUT2D eigenvalue weighted by Gasteiger charge is 2.16. The molecule has 0 aliphatic heterocycles.